The Bertz CT molecular complexity index is 2160. The number of benzene rings is 1. The monoisotopic (exact) mass is 1040 g/mol. The third kappa shape index (κ3) is 24.8. The molecule has 1 unspecified atom stereocenters. The number of nitrogens with zero attached hydrogens (tertiary/aromatic N) is 3. The van der Waals surface area contributed by atoms with Gasteiger partial charge in [0.2, 0.25) is 29.6 Å². The van der Waals surface area contributed by atoms with Crippen LogP contribution in [0.4, 0.5) is 32.3 Å². The SMILES string of the molecule is C=CC(=O)Nc1cccc(Nc2nc(NC/C=C\C(OCCOCCNC(=O)CCCC(=O)NCCCOCCOCCOCCCNC(=O)CCCCC3SC[C@@H]4NC(=O)N[C@H]34)=C(\F)CC)ncc2C#N)c1. The molecule has 2 aliphatic heterocycles. The van der Waals surface area contributed by atoms with Gasteiger partial charge >= 0.3 is 6.03 Å². The van der Waals surface area contributed by atoms with Crippen LogP contribution in [0.25, 0.3) is 0 Å². The summed E-state index contributed by atoms with van der Waals surface area (Å²) in [7, 11) is 0. The summed E-state index contributed by atoms with van der Waals surface area (Å²) < 4.78 is 42.4. The summed E-state index contributed by atoms with van der Waals surface area (Å²) in [6.45, 7) is 9.85. The third-order valence-corrected chi connectivity index (χ3v) is 12.5. The normalized spacial score (nSPS) is 16.1. The minimum Gasteiger partial charge on any atom is -0.488 e. The van der Waals surface area contributed by atoms with E-state index in [9.17, 15) is 33.6 Å². The zero-order chi connectivity index (χ0) is 52.3. The fourth-order valence-corrected chi connectivity index (χ4v) is 8.77. The smallest absolute Gasteiger partial charge is 0.315 e. The Kier molecular flexibility index (Phi) is 29.0. The molecule has 400 valence electrons. The maximum Gasteiger partial charge on any atom is 0.315 e. The van der Waals surface area contributed by atoms with Gasteiger partial charge in [0.25, 0.3) is 0 Å². The summed E-state index contributed by atoms with van der Waals surface area (Å²) in [5.41, 5.74) is 1.30. The summed E-state index contributed by atoms with van der Waals surface area (Å²) >= 11 is 1.89. The molecule has 1 aromatic heterocycles. The van der Waals surface area contributed by atoms with Gasteiger partial charge in [-0.2, -0.15) is 22.0 Å². The number of allylic oxidation sites excluding steroid dienone is 2. The van der Waals surface area contributed by atoms with E-state index in [1.165, 1.54) is 12.3 Å². The fourth-order valence-electron chi connectivity index (χ4n) is 7.23. The zero-order valence-electron chi connectivity index (χ0n) is 41.7. The summed E-state index contributed by atoms with van der Waals surface area (Å²) in [5.74, 6) is 0.373. The lowest BCUT2D eigenvalue weighted by Gasteiger charge is -2.16. The molecule has 2 aliphatic rings. The second-order valence-electron chi connectivity index (χ2n) is 16.6. The van der Waals surface area contributed by atoms with E-state index in [4.69, 9.17) is 23.7 Å². The van der Waals surface area contributed by atoms with Crippen LogP contribution in [0, 0.1) is 11.3 Å². The van der Waals surface area contributed by atoms with Crippen molar-refractivity contribution in [3.63, 3.8) is 0 Å². The van der Waals surface area contributed by atoms with Crippen LogP contribution < -0.4 is 42.5 Å². The molecule has 3 heterocycles. The molecule has 4 rings (SSSR count). The first-order valence-corrected chi connectivity index (χ1v) is 25.9. The summed E-state index contributed by atoms with van der Waals surface area (Å²) in [6.07, 6.45) is 11.3. The van der Waals surface area contributed by atoms with Gasteiger partial charge in [-0.15, -0.1) is 0 Å². The van der Waals surface area contributed by atoms with Crippen LogP contribution in [0.5, 0.6) is 0 Å². The van der Waals surface area contributed by atoms with Crippen LogP contribution in [0.3, 0.4) is 0 Å². The van der Waals surface area contributed by atoms with Crippen molar-refractivity contribution in [2.75, 3.05) is 107 Å². The van der Waals surface area contributed by atoms with Crippen molar-refractivity contribution in [2.24, 2.45) is 0 Å². The molecule has 8 N–H and O–H groups in total. The molecule has 0 bridgehead atoms. The minimum atomic E-state index is -0.444. The minimum absolute atomic E-state index is 0.0507. The number of urea groups is 1. The number of hydrogen-bond donors (Lipinski definition) is 8. The number of unbranched alkanes of at least 4 members (excludes halogenated alkanes) is 1. The van der Waals surface area contributed by atoms with Crippen molar-refractivity contribution in [1.29, 1.82) is 5.26 Å². The van der Waals surface area contributed by atoms with E-state index in [0.717, 1.165) is 37.5 Å². The Morgan fingerprint density at radius 1 is 0.849 bits per heavy atom. The molecule has 0 saturated carbocycles. The molecule has 23 heteroatoms. The van der Waals surface area contributed by atoms with Crippen molar-refractivity contribution >= 4 is 64.6 Å². The number of rotatable bonds is 39. The number of nitriles is 1. The number of thioether (sulfide) groups is 1. The topological polar surface area (TPSA) is 277 Å². The van der Waals surface area contributed by atoms with Crippen molar-refractivity contribution in [2.45, 2.75) is 88.5 Å². The quantitative estimate of drug-likeness (QED) is 0.0146. The van der Waals surface area contributed by atoms with Crippen molar-refractivity contribution in [3.05, 3.63) is 72.4 Å². The number of aromatic nitrogens is 2. The van der Waals surface area contributed by atoms with Gasteiger partial charge in [-0.25, -0.2) is 14.2 Å². The Morgan fingerprint density at radius 2 is 1.49 bits per heavy atom. The molecule has 2 saturated heterocycles. The maximum atomic E-state index is 14.6. The number of ether oxygens (including phenoxy) is 5. The Labute approximate surface area is 431 Å². The molecule has 2 aromatic rings. The van der Waals surface area contributed by atoms with E-state index in [1.807, 2.05) is 17.8 Å². The maximum absolute atomic E-state index is 14.6. The van der Waals surface area contributed by atoms with E-state index < -0.39 is 5.83 Å². The first-order valence-electron chi connectivity index (χ1n) is 24.9. The van der Waals surface area contributed by atoms with Crippen molar-refractivity contribution < 1.29 is 52.0 Å². The molecule has 6 amide bonds. The van der Waals surface area contributed by atoms with Gasteiger partial charge in [0.05, 0.1) is 57.9 Å². The number of carbonyl (C=O) groups excluding carboxylic acids is 5. The van der Waals surface area contributed by atoms with E-state index in [1.54, 1.807) is 37.3 Å². The number of halogens is 1. The van der Waals surface area contributed by atoms with Crippen molar-refractivity contribution in [1.82, 2.24) is 36.6 Å². The Hall–Kier alpha value is -6.32. The van der Waals surface area contributed by atoms with Gasteiger partial charge in [0.1, 0.15) is 24.1 Å². The molecule has 1 aromatic carbocycles. The standard InChI is InChI=1S/C50H72FN11O10S/c1-3-39(51)41(14-9-19-56-49-57-34-36(33-52)48(62-49)59-38-13-7-12-37(32-38)58-43(63)4-2)72-31-30-70-25-22-55-46(66)18-8-17-45(65)54-21-11-24-69-27-29-71-28-26-68-23-10-20-53-44(64)16-6-5-15-42-47-40(35-73-42)60-50(67)61-47/h4,7,9,12-14,32,34,40,42,47H,2-3,5-6,8,10-11,15-31,35H2,1H3,(H,53,64)(H,54,65)(H,55,66)(H,58,63)(H2,60,61,67)(H2,56,57,59,62)/b14-9-,41-39-/t40-,42?,47-/m0/s1. The van der Waals surface area contributed by atoms with Crippen LogP contribution >= 0.6 is 11.8 Å². The van der Waals surface area contributed by atoms with Crippen LogP contribution in [-0.2, 0) is 42.9 Å². The molecule has 0 aliphatic carbocycles. The highest BCUT2D eigenvalue weighted by Crippen LogP contribution is 2.33. The van der Waals surface area contributed by atoms with Crippen LogP contribution in [0.15, 0.2) is 66.9 Å². The van der Waals surface area contributed by atoms with Crippen LogP contribution in [0.1, 0.15) is 76.7 Å². The number of carbonyl (C=O) groups is 5. The molecule has 2 fully saturated rings. The van der Waals surface area contributed by atoms with Gasteiger partial charge in [-0.05, 0) is 62.5 Å². The molecular weight excluding hydrogens is 966 g/mol. The van der Waals surface area contributed by atoms with Gasteiger partial charge in [-0.3, -0.25) is 19.2 Å². The highest BCUT2D eigenvalue weighted by Gasteiger charge is 2.42. The lowest BCUT2D eigenvalue weighted by atomic mass is 10.0. The summed E-state index contributed by atoms with van der Waals surface area (Å²) in [6, 6.07) is 9.26. The number of anilines is 4. The highest BCUT2D eigenvalue weighted by atomic mass is 32.2. The van der Waals surface area contributed by atoms with E-state index in [0.29, 0.717) is 88.6 Å². The summed E-state index contributed by atoms with van der Waals surface area (Å²) in [4.78, 5) is 68.3. The first kappa shape index (κ1) is 59.2. The second kappa shape index (κ2) is 35.7. The van der Waals surface area contributed by atoms with Gasteiger partial charge in [0.15, 0.2) is 11.6 Å². The van der Waals surface area contributed by atoms with Gasteiger partial charge in [-0.1, -0.05) is 32.1 Å². The lowest BCUT2D eigenvalue weighted by molar-refractivity contribution is -0.123. The number of hydrogen-bond acceptors (Lipinski definition) is 16. The first-order chi connectivity index (χ1) is 35.6. The third-order valence-electron chi connectivity index (χ3n) is 11.0. The molecule has 0 radical (unpaired) electrons. The van der Waals surface area contributed by atoms with E-state index in [2.05, 4.69) is 59.1 Å². The molecular formula is C50H72FN11O10S. The van der Waals surface area contributed by atoms with E-state index >= 15 is 0 Å². The van der Waals surface area contributed by atoms with Crippen LogP contribution in [0.2, 0.25) is 0 Å². The average Bonchev–Trinajstić information content (AvgIpc) is 3.95. The molecule has 3 atom stereocenters. The summed E-state index contributed by atoms with van der Waals surface area (Å²) in [5, 5.41) is 33.2. The lowest BCUT2D eigenvalue weighted by Crippen LogP contribution is -2.36. The van der Waals surface area contributed by atoms with E-state index in [-0.39, 0.29) is 117 Å². The Balaban J connectivity index is 0.902. The van der Waals surface area contributed by atoms with Gasteiger partial charge in [0, 0.05) is 87.5 Å². The van der Waals surface area contributed by atoms with Crippen molar-refractivity contribution in [3.8, 4) is 6.07 Å². The second-order valence-corrected chi connectivity index (χ2v) is 17.9. The average molecular weight is 1040 g/mol. The Morgan fingerprint density at radius 3 is 2.18 bits per heavy atom. The van der Waals surface area contributed by atoms with Crippen LogP contribution in [-0.4, -0.2) is 148 Å². The largest absolute Gasteiger partial charge is 0.488 e. The fraction of sp³-hybridized carbons (Fsp3) is 0.560. The molecule has 0 spiro atoms. The zero-order valence-corrected chi connectivity index (χ0v) is 42.6. The van der Waals surface area contributed by atoms with Gasteiger partial charge < -0.3 is 66.2 Å². The number of fused-ring (bicyclic) bond motifs is 1. The highest BCUT2D eigenvalue weighted by molar-refractivity contribution is 8.00. The predicted molar refractivity (Wildman–Crippen MR) is 277 cm³/mol. The molecule has 73 heavy (non-hydrogen) atoms. The molecule has 21 nitrogen and oxygen atoms in total. The number of amides is 6. The predicted octanol–water partition coefficient (Wildman–Crippen LogP) is 4.88. The number of nitrogens with one attached hydrogen (secondary N) is 8.